The maximum Gasteiger partial charge on any atom is 0.301 e. The maximum atomic E-state index is 11.3. The van der Waals surface area contributed by atoms with E-state index < -0.39 is 21.2 Å². The van der Waals surface area contributed by atoms with Crippen molar-refractivity contribution in [1.29, 1.82) is 0 Å². The summed E-state index contributed by atoms with van der Waals surface area (Å²) in [4.78, 5) is 20.8. The molecular weight excluding hydrogens is 398 g/mol. The van der Waals surface area contributed by atoms with Crippen molar-refractivity contribution in [2.45, 2.75) is 0 Å². The lowest BCUT2D eigenvalue weighted by Gasteiger charge is -2.11. The Balaban J connectivity index is 2.10. The second-order valence-electron chi connectivity index (χ2n) is 5.89. The minimum absolute atomic E-state index is 0.00497. The van der Waals surface area contributed by atoms with Crippen LogP contribution in [0.15, 0.2) is 71.8 Å². The molecule has 0 saturated carbocycles. The van der Waals surface area contributed by atoms with Crippen LogP contribution < -0.4 is 11.2 Å². The van der Waals surface area contributed by atoms with Gasteiger partial charge in [0, 0.05) is 27.9 Å². The van der Waals surface area contributed by atoms with Crippen LogP contribution >= 0.6 is 11.6 Å². The van der Waals surface area contributed by atoms with Crippen LogP contribution in [0.1, 0.15) is 11.1 Å². The topological polar surface area (TPSA) is 137 Å². The third-order valence-corrected chi connectivity index (χ3v) is 4.23. The number of hydrogen-bond acceptors (Lipinski definition) is 7. The Hall–Kier alpha value is -3.98. The molecule has 3 N–H and O–H groups in total. The summed E-state index contributed by atoms with van der Waals surface area (Å²) in [5.41, 5.74) is 9.87. The normalized spacial score (nSPS) is 11.1. The summed E-state index contributed by atoms with van der Waals surface area (Å²) < 4.78 is 0. The standard InChI is InChI=1S/C19H14ClN5O4/c20-13-6-8-16(21)15(10-13)19(12-4-2-1-3-5-12)23-22-17-9-7-14(24(26)27)11-18(17)25(28)29/h1-11,22H,21H2/b23-19+. The Kier molecular flexibility index (Phi) is 5.70. The van der Waals surface area contributed by atoms with E-state index in [1.54, 1.807) is 42.5 Å². The number of nitrogen functional groups attached to an aromatic ring is 1. The smallest absolute Gasteiger partial charge is 0.301 e. The summed E-state index contributed by atoms with van der Waals surface area (Å²) >= 11 is 6.10. The highest BCUT2D eigenvalue weighted by atomic mass is 35.5. The predicted molar refractivity (Wildman–Crippen MR) is 111 cm³/mol. The molecular formula is C19H14ClN5O4. The first-order valence-corrected chi connectivity index (χ1v) is 8.62. The van der Waals surface area contributed by atoms with Gasteiger partial charge in [0.2, 0.25) is 0 Å². The lowest BCUT2D eigenvalue weighted by Crippen LogP contribution is -2.10. The van der Waals surface area contributed by atoms with Crippen LogP contribution in [0.25, 0.3) is 0 Å². The van der Waals surface area contributed by atoms with Crippen LogP contribution in [0, 0.1) is 20.2 Å². The van der Waals surface area contributed by atoms with E-state index in [-0.39, 0.29) is 5.69 Å². The molecule has 0 radical (unpaired) electrons. The van der Waals surface area contributed by atoms with Gasteiger partial charge >= 0.3 is 5.69 Å². The van der Waals surface area contributed by atoms with E-state index in [0.29, 0.717) is 27.5 Å². The highest BCUT2D eigenvalue weighted by Crippen LogP contribution is 2.29. The molecule has 9 nitrogen and oxygen atoms in total. The van der Waals surface area contributed by atoms with E-state index in [1.165, 1.54) is 6.07 Å². The molecule has 0 aliphatic rings. The van der Waals surface area contributed by atoms with Crippen molar-refractivity contribution in [3.05, 3.63) is 103 Å². The number of rotatable bonds is 6. The van der Waals surface area contributed by atoms with Gasteiger partial charge in [0.05, 0.1) is 21.6 Å². The second-order valence-corrected chi connectivity index (χ2v) is 6.32. The number of nitro benzene ring substituents is 2. The summed E-state index contributed by atoms with van der Waals surface area (Å²) in [7, 11) is 0. The van der Waals surface area contributed by atoms with Crippen molar-refractivity contribution in [3.8, 4) is 0 Å². The van der Waals surface area contributed by atoms with Gasteiger partial charge in [-0.15, -0.1) is 0 Å². The van der Waals surface area contributed by atoms with Crippen LogP contribution in [0.4, 0.5) is 22.7 Å². The average molecular weight is 412 g/mol. The van der Waals surface area contributed by atoms with Gasteiger partial charge in [-0.3, -0.25) is 25.7 Å². The van der Waals surface area contributed by atoms with Crippen molar-refractivity contribution in [2.75, 3.05) is 11.2 Å². The third-order valence-electron chi connectivity index (χ3n) is 3.99. The molecule has 0 aromatic heterocycles. The molecule has 0 unspecified atom stereocenters. The molecule has 3 aromatic carbocycles. The fraction of sp³-hybridized carbons (Fsp3) is 0. The zero-order valence-corrected chi connectivity index (χ0v) is 15.5. The van der Waals surface area contributed by atoms with Crippen molar-refractivity contribution in [2.24, 2.45) is 5.10 Å². The van der Waals surface area contributed by atoms with Crippen LogP contribution in [0.3, 0.4) is 0 Å². The molecule has 0 atom stereocenters. The first kappa shape index (κ1) is 19.8. The molecule has 0 heterocycles. The molecule has 0 fully saturated rings. The fourth-order valence-electron chi connectivity index (χ4n) is 2.61. The van der Waals surface area contributed by atoms with Gasteiger partial charge in [-0.2, -0.15) is 5.10 Å². The molecule has 0 amide bonds. The number of benzene rings is 3. The van der Waals surface area contributed by atoms with Crippen molar-refractivity contribution in [3.63, 3.8) is 0 Å². The van der Waals surface area contributed by atoms with E-state index >= 15 is 0 Å². The zero-order chi connectivity index (χ0) is 21.0. The van der Waals surface area contributed by atoms with Gasteiger partial charge in [0.1, 0.15) is 5.69 Å². The Labute approximate surface area is 169 Å². The van der Waals surface area contributed by atoms with Gasteiger partial charge in [-0.1, -0.05) is 41.9 Å². The summed E-state index contributed by atoms with van der Waals surface area (Å²) in [5.74, 6) is 0. The average Bonchev–Trinajstić information content (AvgIpc) is 2.71. The Morgan fingerprint density at radius 1 is 0.966 bits per heavy atom. The van der Waals surface area contributed by atoms with Crippen LogP contribution in [-0.2, 0) is 0 Å². The van der Waals surface area contributed by atoms with Crippen molar-refractivity contribution in [1.82, 2.24) is 0 Å². The minimum atomic E-state index is -0.721. The molecule has 3 rings (SSSR count). The highest BCUT2D eigenvalue weighted by molar-refractivity contribution is 6.31. The minimum Gasteiger partial charge on any atom is -0.398 e. The Morgan fingerprint density at radius 2 is 1.69 bits per heavy atom. The zero-order valence-electron chi connectivity index (χ0n) is 14.8. The van der Waals surface area contributed by atoms with E-state index in [0.717, 1.165) is 12.1 Å². The monoisotopic (exact) mass is 411 g/mol. The summed E-state index contributed by atoms with van der Waals surface area (Å²) in [6.07, 6.45) is 0. The van der Waals surface area contributed by atoms with E-state index in [9.17, 15) is 20.2 Å². The second kappa shape index (κ2) is 8.36. The number of non-ortho nitro benzene ring substituents is 1. The van der Waals surface area contributed by atoms with E-state index in [2.05, 4.69) is 10.5 Å². The van der Waals surface area contributed by atoms with Crippen molar-refractivity contribution < 1.29 is 9.85 Å². The molecule has 0 aliphatic carbocycles. The fourth-order valence-corrected chi connectivity index (χ4v) is 2.78. The van der Waals surface area contributed by atoms with Crippen molar-refractivity contribution >= 4 is 40.1 Å². The van der Waals surface area contributed by atoms with Crippen LogP contribution in [0.2, 0.25) is 5.02 Å². The number of hydrazone groups is 1. The number of nitro groups is 2. The van der Waals surface area contributed by atoms with E-state index in [1.807, 2.05) is 6.07 Å². The summed E-state index contributed by atoms with van der Waals surface area (Å²) in [6, 6.07) is 17.2. The quantitative estimate of drug-likeness (QED) is 0.263. The van der Waals surface area contributed by atoms with Gasteiger partial charge in [-0.05, 0) is 24.3 Å². The number of halogens is 1. The molecule has 29 heavy (non-hydrogen) atoms. The molecule has 3 aromatic rings. The molecule has 0 spiro atoms. The number of nitrogens with zero attached hydrogens (tertiary/aromatic N) is 3. The number of nitrogens with two attached hydrogens (primary N) is 1. The van der Waals surface area contributed by atoms with E-state index in [4.69, 9.17) is 17.3 Å². The van der Waals surface area contributed by atoms with Crippen LogP contribution in [-0.4, -0.2) is 15.6 Å². The van der Waals surface area contributed by atoms with Gasteiger partial charge in [0.15, 0.2) is 0 Å². The lowest BCUT2D eigenvalue weighted by atomic mass is 10.0. The predicted octanol–water partition coefficient (Wildman–Crippen LogP) is 4.60. The van der Waals surface area contributed by atoms with Gasteiger partial charge in [0.25, 0.3) is 5.69 Å². The van der Waals surface area contributed by atoms with Gasteiger partial charge < -0.3 is 5.73 Å². The molecule has 0 saturated heterocycles. The highest BCUT2D eigenvalue weighted by Gasteiger charge is 2.20. The maximum absolute atomic E-state index is 11.3. The first-order chi connectivity index (χ1) is 13.9. The number of anilines is 2. The number of nitrogens with one attached hydrogen (secondary N) is 1. The molecule has 10 heteroatoms. The van der Waals surface area contributed by atoms with Gasteiger partial charge in [-0.25, -0.2) is 0 Å². The SMILES string of the molecule is Nc1ccc(Cl)cc1/C(=N/Nc1ccc([N+](=O)[O-])cc1[N+](=O)[O-])c1ccccc1. The number of hydrogen-bond donors (Lipinski definition) is 2. The molecule has 0 aliphatic heterocycles. The first-order valence-electron chi connectivity index (χ1n) is 8.24. The largest absolute Gasteiger partial charge is 0.398 e. The Morgan fingerprint density at radius 3 is 2.34 bits per heavy atom. The summed E-state index contributed by atoms with van der Waals surface area (Å²) in [6.45, 7) is 0. The lowest BCUT2D eigenvalue weighted by molar-refractivity contribution is -0.393. The Bertz CT molecular complexity index is 1120. The summed E-state index contributed by atoms with van der Waals surface area (Å²) in [5, 5.41) is 27.0. The molecule has 146 valence electrons. The third kappa shape index (κ3) is 4.47. The molecule has 0 bridgehead atoms. The van der Waals surface area contributed by atoms with Crippen LogP contribution in [0.5, 0.6) is 0 Å².